The number of aromatic nitrogens is 2. The number of amides is 4. The molecule has 1 aliphatic heterocycles. The van der Waals surface area contributed by atoms with E-state index in [2.05, 4.69) is 20.8 Å². The van der Waals surface area contributed by atoms with Crippen LogP contribution in [-0.4, -0.2) is 39.0 Å². The first kappa shape index (κ1) is 17.6. The summed E-state index contributed by atoms with van der Waals surface area (Å²) < 4.78 is 0. The number of urea groups is 1. The number of anilines is 1. The van der Waals surface area contributed by atoms with Gasteiger partial charge in [-0.3, -0.25) is 14.5 Å². The third kappa shape index (κ3) is 4.13. The van der Waals surface area contributed by atoms with Gasteiger partial charge < -0.3 is 10.6 Å². The molecule has 8 nitrogen and oxygen atoms in total. The summed E-state index contributed by atoms with van der Waals surface area (Å²) in [6.45, 7) is 0.225. The molecule has 2 aliphatic rings. The Hall–Kier alpha value is -2.81. The zero-order chi connectivity index (χ0) is 18.8. The van der Waals surface area contributed by atoms with E-state index in [-0.39, 0.29) is 31.2 Å². The summed E-state index contributed by atoms with van der Waals surface area (Å²) >= 11 is 1.39. The van der Waals surface area contributed by atoms with E-state index in [1.807, 2.05) is 30.3 Å². The van der Waals surface area contributed by atoms with Crippen LogP contribution in [0.25, 0.3) is 0 Å². The maximum atomic E-state index is 12.5. The van der Waals surface area contributed by atoms with Crippen LogP contribution in [0.1, 0.15) is 42.2 Å². The first-order chi connectivity index (χ1) is 13.1. The van der Waals surface area contributed by atoms with Crippen molar-refractivity contribution in [2.24, 2.45) is 0 Å². The predicted octanol–water partition coefficient (Wildman–Crippen LogP) is 2.25. The lowest BCUT2D eigenvalue weighted by Crippen LogP contribution is -2.31. The molecule has 0 bridgehead atoms. The molecule has 0 radical (unpaired) electrons. The molecule has 9 heteroatoms. The highest BCUT2D eigenvalue weighted by Gasteiger charge is 2.37. The second-order valence-corrected chi connectivity index (χ2v) is 7.73. The van der Waals surface area contributed by atoms with Gasteiger partial charge in [-0.25, -0.2) is 4.79 Å². The van der Waals surface area contributed by atoms with E-state index in [4.69, 9.17) is 0 Å². The Morgan fingerprint density at radius 2 is 2.00 bits per heavy atom. The number of benzene rings is 1. The van der Waals surface area contributed by atoms with Crippen molar-refractivity contribution in [3.05, 3.63) is 40.9 Å². The second-order valence-electron chi connectivity index (χ2n) is 6.72. The van der Waals surface area contributed by atoms with Gasteiger partial charge in [0.25, 0.3) is 5.91 Å². The van der Waals surface area contributed by atoms with Gasteiger partial charge in [0, 0.05) is 12.3 Å². The summed E-state index contributed by atoms with van der Waals surface area (Å²) in [6, 6.07) is 8.21. The van der Waals surface area contributed by atoms with Crippen molar-refractivity contribution in [2.45, 2.75) is 44.2 Å². The number of nitrogens with one attached hydrogen (secondary N) is 2. The molecule has 4 amide bonds. The summed E-state index contributed by atoms with van der Waals surface area (Å²) in [4.78, 5) is 37.9. The molecule has 2 fully saturated rings. The molecule has 2 N–H and O–H groups in total. The van der Waals surface area contributed by atoms with Crippen LogP contribution in [0.2, 0.25) is 0 Å². The number of imide groups is 1. The number of carbonyl (C=O) groups is 3. The van der Waals surface area contributed by atoms with E-state index in [1.54, 1.807) is 0 Å². The maximum absolute atomic E-state index is 12.5. The van der Waals surface area contributed by atoms with E-state index >= 15 is 0 Å². The number of nitrogens with zero attached hydrogens (tertiary/aromatic N) is 3. The topological polar surface area (TPSA) is 104 Å². The minimum Gasteiger partial charge on any atom is -0.326 e. The van der Waals surface area contributed by atoms with Gasteiger partial charge in [-0.2, -0.15) is 0 Å². The van der Waals surface area contributed by atoms with Crippen molar-refractivity contribution in [3.8, 4) is 0 Å². The van der Waals surface area contributed by atoms with Crippen molar-refractivity contribution in [3.63, 3.8) is 0 Å². The van der Waals surface area contributed by atoms with Crippen molar-refractivity contribution in [2.75, 3.05) is 5.32 Å². The summed E-state index contributed by atoms with van der Waals surface area (Å²) in [5.74, 6) is -0.0456. The molecule has 1 saturated carbocycles. The lowest BCUT2D eigenvalue weighted by Gasteiger charge is -2.12. The fraction of sp³-hybridized carbons (Fsp3) is 0.389. The highest BCUT2D eigenvalue weighted by atomic mass is 32.1. The van der Waals surface area contributed by atoms with Gasteiger partial charge in [-0.15, -0.1) is 10.2 Å². The molecule has 1 atom stereocenters. The Balaban J connectivity index is 1.28. The van der Waals surface area contributed by atoms with E-state index in [0.29, 0.717) is 11.0 Å². The standard InChI is InChI=1S/C18H19N5O3S/c24-14(20-17-22-21-15(27-17)12-6-7-12)9-8-13-16(25)23(18(26)19-13)10-11-4-2-1-3-5-11/h1-5,12-13H,6-10H2,(H,19,26)(H,20,22,24). The number of hydrogen-bond donors (Lipinski definition) is 2. The lowest BCUT2D eigenvalue weighted by molar-refractivity contribution is -0.128. The quantitative estimate of drug-likeness (QED) is 0.712. The molecule has 0 spiro atoms. The van der Waals surface area contributed by atoms with Crippen LogP contribution in [-0.2, 0) is 16.1 Å². The zero-order valence-electron chi connectivity index (χ0n) is 14.6. The molecule has 2 heterocycles. The Bertz CT molecular complexity index is 865. The van der Waals surface area contributed by atoms with Crippen molar-refractivity contribution >= 4 is 34.3 Å². The Labute approximate surface area is 160 Å². The highest BCUT2D eigenvalue weighted by Crippen LogP contribution is 2.42. The second kappa shape index (κ2) is 7.43. The van der Waals surface area contributed by atoms with Crippen LogP contribution in [0.4, 0.5) is 9.93 Å². The molecule has 1 unspecified atom stereocenters. The molecule has 1 saturated heterocycles. The van der Waals surface area contributed by atoms with Gasteiger partial charge in [0.1, 0.15) is 11.0 Å². The van der Waals surface area contributed by atoms with Crippen molar-refractivity contribution < 1.29 is 14.4 Å². The molecular weight excluding hydrogens is 366 g/mol. The minimum absolute atomic E-state index is 0.119. The molecule has 4 rings (SSSR count). The summed E-state index contributed by atoms with van der Waals surface area (Å²) in [6.07, 6.45) is 2.63. The van der Waals surface area contributed by atoms with Crippen LogP contribution in [0.15, 0.2) is 30.3 Å². The van der Waals surface area contributed by atoms with E-state index in [0.717, 1.165) is 23.4 Å². The van der Waals surface area contributed by atoms with E-state index in [9.17, 15) is 14.4 Å². The largest absolute Gasteiger partial charge is 0.326 e. The van der Waals surface area contributed by atoms with E-state index < -0.39 is 12.1 Å². The average Bonchev–Trinajstić information content (AvgIpc) is 3.36. The fourth-order valence-corrected chi connectivity index (χ4v) is 3.85. The van der Waals surface area contributed by atoms with Crippen molar-refractivity contribution in [1.29, 1.82) is 0 Å². The molecule has 1 aliphatic carbocycles. The van der Waals surface area contributed by atoms with E-state index in [1.165, 1.54) is 16.2 Å². The summed E-state index contributed by atoms with van der Waals surface area (Å²) in [5, 5.41) is 14.9. The highest BCUT2D eigenvalue weighted by molar-refractivity contribution is 7.15. The smallest absolute Gasteiger partial charge is 0.325 e. The fourth-order valence-electron chi connectivity index (χ4n) is 2.93. The monoisotopic (exact) mass is 385 g/mol. The Kier molecular flexibility index (Phi) is 4.85. The van der Waals surface area contributed by atoms with Gasteiger partial charge in [-0.1, -0.05) is 41.7 Å². The van der Waals surface area contributed by atoms with Gasteiger partial charge in [0.15, 0.2) is 0 Å². The zero-order valence-corrected chi connectivity index (χ0v) is 15.4. The molecule has 2 aromatic rings. The lowest BCUT2D eigenvalue weighted by atomic mass is 10.1. The van der Waals surface area contributed by atoms with Gasteiger partial charge in [0.2, 0.25) is 11.0 Å². The maximum Gasteiger partial charge on any atom is 0.325 e. The average molecular weight is 385 g/mol. The predicted molar refractivity (Wildman–Crippen MR) is 99.1 cm³/mol. The minimum atomic E-state index is -0.677. The molecular formula is C18H19N5O3S. The number of rotatable bonds is 7. The third-order valence-corrected chi connectivity index (χ3v) is 5.57. The summed E-state index contributed by atoms with van der Waals surface area (Å²) in [5.41, 5.74) is 0.877. The third-order valence-electron chi connectivity index (χ3n) is 4.56. The van der Waals surface area contributed by atoms with Gasteiger partial charge in [-0.05, 0) is 24.8 Å². The van der Waals surface area contributed by atoms with Crippen LogP contribution >= 0.6 is 11.3 Å². The van der Waals surface area contributed by atoms with Gasteiger partial charge in [0.05, 0.1) is 6.54 Å². The Morgan fingerprint density at radius 1 is 1.22 bits per heavy atom. The number of carbonyl (C=O) groups excluding carboxylic acids is 3. The van der Waals surface area contributed by atoms with Crippen LogP contribution < -0.4 is 10.6 Å². The molecule has 1 aromatic carbocycles. The van der Waals surface area contributed by atoms with Crippen LogP contribution in [0.3, 0.4) is 0 Å². The van der Waals surface area contributed by atoms with Crippen LogP contribution in [0, 0.1) is 0 Å². The molecule has 27 heavy (non-hydrogen) atoms. The molecule has 140 valence electrons. The van der Waals surface area contributed by atoms with Gasteiger partial charge >= 0.3 is 6.03 Å². The van der Waals surface area contributed by atoms with Crippen LogP contribution in [0.5, 0.6) is 0 Å². The Morgan fingerprint density at radius 3 is 2.74 bits per heavy atom. The first-order valence-corrected chi connectivity index (χ1v) is 9.71. The SMILES string of the molecule is O=C(CCC1NC(=O)N(Cc2ccccc2)C1=O)Nc1nnc(C2CC2)s1. The first-order valence-electron chi connectivity index (χ1n) is 8.89. The normalized spacial score (nSPS) is 19.3. The number of hydrogen-bond acceptors (Lipinski definition) is 6. The molecule has 1 aromatic heterocycles. The van der Waals surface area contributed by atoms with Crippen molar-refractivity contribution in [1.82, 2.24) is 20.4 Å². The summed E-state index contributed by atoms with van der Waals surface area (Å²) in [7, 11) is 0.